The van der Waals surface area contributed by atoms with Gasteiger partial charge in [-0.25, -0.2) is 0 Å². The van der Waals surface area contributed by atoms with Gasteiger partial charge in [0.05, 0.1) is 42.2 Å². The van der Waals surface area contributed by atoms with E-state index < -0.39 is 23.0 Å². The first kappa shape index (κ1) is 17.8. The number of hydrogen-bond acceptors (Lipinski definition) is 6. The molecule has 0 aromatic carbocycles. The third-order valence-corrected chi connectivity index (χ3v) is 7.19. The van der Waals surface area contributed by atoms with Crippen LogP contribution in [0.3, 0.4) is 0 Å². The predicted octanol–water partition coefficient (Wildman–Crippen LogP) is 1.96. The Hall–Kier alpha value is -1.63. The second-order valence-corrected chi connectivity index (χ2v) is 8.10. The van der Waals surface area contributed by atoms with Crippen LogP contribution in [0.5, 0.6) is 0 Å². The lowest BCUT2D eigenvalue weighted by Crippen LogP contribution is -2.67. The van der Waals surface area contributed by atoms with E-state index in [1.807, 2.05) is 13.0 Å². The normalized spacial score (nSPS) is 40.4. The predicted molar refractivity (Wildman–Crippen MR) is 91.8 cm³/mol. The first-order valence-corrected chi connectivity index (χ1v) is 9.32. The topological polar surface area (TPSA) is 100 Å². The van der Waals surface area contributed by atoms with Crippen molar-refractivity contribution in [2.24, 2.45) is 22.7 Å². The van der Waals surface area contributed by atoms with Crippen LogP contribution in [-0.4, -0.2) is 40.6 Å². The van der Waals surface area contributed by atoms with Gasteiger partial charge in [0.25, 0.3) is 0 Å². The van der Waals surface area contributed by atoms with Gasteiger partial charge in [0.1, 0.15) is 6.61 Å². The fourth-order valence-electron chi connectivity index (χ4n) is 5.85. The molecule has 3 aliphatic rings. The number of carbonyl (C=O) groups is 1. The van der Waals surface area contributed by atoms with Crippen LogP contribution >= 0.6 is 0 Å². The highest BCUT2D eigenvalue weighted by atomic mass is 16.5. The molecule has 3 N–H and O–H groups in total. The van der Waals surface area contributed by atoms with E-state index in [-0.39, 0.29) is 37.4 Å². The molecule has 6 atom stereocenters. The van der Waals surface area contributed by atoms with Crippen molar-refractivity contribution in [1.82, 2.24) is 0 Å². The molecule has 0 radical (unpaired) electrons. The Kier molecular flexibility index (Phi) is 4.25. The summed E-state index contributed by atoms with van der Waals surface area (Å²) in [4.78, 5) is 13.1. The van der Waals surface area contributed by atoms with E-state index in [2.05, 4.69) is 0 Å². The van der Waals surface area contributed by atoms with Gasteiger partial charge in [-0.3, -0.25) is 4.79 Å². The molecule has 26 heavy (non-hydrogen) atoms. The van der Waals surface area contributed by atoms with Crippen LogP contribution in [-0.2, 0) is 9.53 Å². The average molecular weight is 362 g/mol. The summed E-state index contributed by atoms with van der Waals surface area (Å²) >= 11 is 0. The van der Waals surface area contributed by atoms with Gasteiger partial charge in [-0.15, -0.1) is 0 Å². The van der Waals surface area contributed by atoms with E-state index >= 15 is 0 Å². The summed E-state index contributed by atoms with van der Waals surface area (Å²) < 4.78 is 10.7. The standard InChI is InChI=1S/C20H26O6/c1-12-7-17(23)20-11-26-18(24)19(12,8-15(22)13-5-6-25-10-13)16(20)4-2-3-14(20)9-21/h3,5-6,10,12,15-17,21-23H,2,4,7-9,11H2,1H3. The van der Waals surface area contributed by atoms with Crippen molar-refractivity contribution in [2.75, 3.05) is 13.2 Å². The number of cyclic esters (lactones) is 1. The van der Waals surface area contributed by atoms with Crippen LogP contribution in [0.25, 0.3) is 0 Å². The minimum absolute atomic E-state index is 0.0976. The van der Waals surface area contributed by atoms with Gasteiger partial charge in [0.15, 0.2) is 0 Å². The Morgan fingerprint density at radius 2 is 2.23 bits per heavy atom. The van der Waals surface area contributed by atoms with Crippen molar-refractivity contribution in [1.29, 1.82) is 0 Å². The number of aliphatic hydroxyl groups is 3. The zero-order valence-electron chi connectivity index (χ0n) is 14.9. The van der Waals surface area contributed by atoms with E-state index in [9.17, 15) is 20.1 Å². The minimum Gasteiger partial charge on any atom is -0.472 e. The second-order valence-electron chi connectivity index (χ2n) is 8.10. The molecule has 0 amide bonds. The largest absolute Gasteiger partial charge is 0.472 e. The first-order chi connectivity index (χ1) is 12.5. The maximum Gasteiger partial charge on any atom is 0.312 e. The minimum atomic E-state index is -0.886. The Bertz CT molecular complexity index is 710. The van der Waals surface area contributed by atoms with Gasteiger partial charge in [0.2, 0.25) is 0 Å². The molecule has 1 aromatic heterocycles. The molecule has 1 saturated carbocycles. The molecular formula is C20H26O6. The summed E-state index contributed by atoms with van der Waals surface area (Å²) in [5.41, 5.74) is -0.231. The first-order valence-electron chi connectivity index (χ1n) is 9.32. The van der Waals surface area contributed by atoms with Gasteiger partial charge >= 0.3 is 5.97 Å². The van der Waals surface area contributed by atoms with E-state index in [0.29, 0.717) is 12.0 Å². The summed E-state index contributed by atoms with van der Waals surface area (Å²) in [6, 6.07) is 1.70. The Morgan fingerprint density at radius 1 is 1.42 bits per heavy atom. The number of aliphatic hydroxyl groups excluding tert-OH is 3. The molecule has 1 saturated heterocycles. The van der Waals surface area contributed by atoms with Crippen LogP contribution in [0.15, 0.2) is 34.7 Å². The van der Waals surface area contributed by atoms with E-state index in [1.54, 1.807) is 6.07 Å². The van der Waals surface area contributed by atoms with Gasteiger partial charge in [-0.2, -0.15) is 0 Å². The molecule has 2 aliphatic carbocycles. The molecule has 2 fully saturated rings. The molecule has 4 rings (SSSR count). The molecule has 6 unspecified atom stereocenters. The third kappa shape index (κ3) is 2.19. The summed E-state index contributed by atoms with van der Waals surface area (Å²) in [6.07, 6.45) is 5.60. The number of ether oxygens (including phenoxy) is 1. The highest BCUT2D eigenvalue weighted by molar-refractivity contribution is 5.80. The molecule has 6 heteroatoms. The quantitative estimate of drug-likeness (QED) is 0.559. The van der Waals surface area contributed by atoms with Crippen molar-refractivity contribution < 1.29 is 29.3 Å². The maximum absolute atomic E-state index is 13.1. The lowest BCUT2D eigenvalue weighted by Gasteiger charge is -2.63. The maximum atomic E-state index is 13.1. The molecule has 0 spiro atoms. The Morgan fingerprint density at radius 3 is 2.92 bits per heavy atom. The zero-order chi connectivity index (χ0) is 18.5. The van der Waals surface area contributed by atoms with Crippen LogP contribution in [0, 0.1) is 22.7 Å². The second kappa shape index (κ2) is 6.22. The lowest BCUT2D eigenvalue weighted by molar-refractivity contribution is -0.232. The highest BCUT2D eigenvalue weighted by Crippen LogP contribution is 2.65. The smallest absolute Gasteiger partial charge is 0.312 e. The summed E-state index contributed by atoms with van der Waals surface area (Å²) in [7, 11) is 0. The number of allylic oxidation sites excluding steroid dienone is 1. The van der Waals surface area contributed by atoms with Crippen molar-refractivity contribution in [3.05, 3.63) is 35.8 Å². The van der Waals surface area contributed by atoms with E-state index in [1.165, 1.54) is 12.5 Å². The lowest BCUT2D eigenvalue weighted by atomic mass is 9.43. The van der Waals surface area contributed by atoms with Crippen molar-refractivity contribution >= 4 is 5.97 Å². The number of esters is 1. The fraction of sp³-hybridized carbons (Fsp3) is 0.650. The van der Waals surface area contributed by atoms with Crippen LogP contribution < -0.4 is 0 Å². The fourth-order valence-corrected chi connectivity index (χ4v) is 5.85. The van der Waals surface area contributed by atoms with Crippen molar-refractivity contribution in [3.63, 3.8) is 0 Å². The summed E-state index contributed by atoms with van der Waals surface area (Å²) in [5, 5.41) is 31.7. The summed E-state index contributed by atoms with van der Waals surface area (Å²) in [5.74, 6) is -0.592. The van der Waals surface area contributed by atoms with Gasteiger partial charge in [-0.1, -0.05) is 13.0 Å². The SMILES string of the molecule is CC1CC(O)C23COC(=O)C1(CC(O)c1ccoc1)C2CCC=C3CO. The third-order valence-electron chi connectivity index (χ3n) is 7.19. The van der Waals surface area contributed by atoms with Gasteiger partial charge < -0.3 is 24.5 Å². The number of furan rings is 1. The zero-order valence-corrected chi connectivity index (χ0v) is 14.9. The molecular weight excluding hydrogens is 336 g/mol. The average Bonchev–Trinajstić information content (AvgIpc) is 3.17. The molecule has 6 nitrogen and oxygen atoms in total. The summed E-state index contributed by atoms with van der Waals surface area (Å²) in [6.45, 7) is 1.90. The number of carbonyl (C=O) groups excluding carboxylic acids is 1. The van der Waals surface area contributed by atoms with Gasteiger partial charge in [0, 0.05) is 5.56 Å². The van der Waals surface area contributed by atoms with E-state index in [0.717, 1.165) is 18.4 Å². The van der Waals surface area contributed by atoms with Gasteiger partial charge in [-0.05, 0) is 49.2 Å². The molecule has 2 bridgehead atoms. The molecule has 1 aromatic rings. The molecule has 142 valence electrons. The number of rotatable bonds is 4. The van der Waals surface area contributed by atoms with Crippen molar-refractivity contribution in [3.8, 4) is 0 Å². The van der Waals surface area contributed by atoms with E-state index in [4.69, 9.17) is 9.15 Å². The molecule has 2 heterocycles. The van der Waals surface area contributed by atoms with Crippen LogP contribution in [0.4, 0.5) is 0 Å². The monoisotopic (exact) mass is 362 g/mol. The Balaban J connectivity index is 1.80. The highest BCUT2D eigenvalue weighted by Gasteiger charge is 2.69. The number of hydrogen-bond donors (Lipinski definition) is 3. The van der Waals surface area contributed by atoms with Crippen LogP contribution in [0.1, 0.15) is 44.3 Å². The van der Waals surface area contributed by atoms with Crippen molar-refractivity contribution in [2.45, 2.75) is 44.8 Å². The van der Waals surface area contributed by atoms with Crippen LogP contribution in [0.2, 0.25) is 0 Å². The Labute approximate surface area is 152 Å². The molecule has 1 aliphatic heterocycles.